The molecule has 0 spiro atoms. The minimum atomic E-state index is -0.218. The van der Waals surface area contributed by atoms with Gasteiger partial charge in [-0.05, 0) is 51.1 Å². The zero-order valence-electron chi connectivity index (χ0n) is 18.0. The molecule has 2 heterocycles. The summed E-state index contributed by atoms with van der Waals surface area (Å²) in [5.41, 5.74) is 3.65. The topological polar surface area (TPSA) is 95.1 Å². The van der Waals surface area contributed by atoms with Gasteiger partial charge in [0, 0.05) is 17.3 Å². The molecule has 0 bridgehead atoms. The highest BCUT2D eigenvalue weighted by atomic mass is 32.2. The third kappa shape index (κ3) is 5.00. The number of carbonyl (C=O) groups excluding carboxylic acids is 1. The lowest BCUT2D eigenvalue weighted by atomic mass is 10.1. The Labute approximate surface area is 190 Å². The van der Waals surface area contributed by atoms with Gasteiger partial charge in [-0.3, -0.25) is 14.7 Å². The summed E-state index contributed by atoms with van der Waals surface area (Å²) in [7, 11) is 0. The van der Waals surface area contributed by atoms with Crippen molar-refractivity contribution in [1.29, 1.82) is 0 Å². The molecule has 0 radical (unpaired) electrons. The van der Waals surface area contributed by atoms with Crippen molar-refractivity contribution in [2.24, 2.45) is 0 Å². The fourth-order valence-electron chi connectivity index (χ4n) is 3.15. The van der Waals surface area contributed by atoms with Gasteiger partial charge in [-0.1, -0.05) is 40.7 Å². The first kappa shape index (κ1) is 21.6. The van der Waals surface area contributed by atoms with Crippen LogP contribution in [0.15, 0.2) is 64.3 Å². The van der Waals surface area contributed by atoms with Gasteiger partial charge in [0.05, 0.1) is 18.1 Å². The highest BCUT2D eigenvalue weighted by molar-refractivity contribution is 7.99. The van der Waals surface area contributed by atoms with Crippen molar-refractivity contribution in [3.63, 3.8) is 0 Å². The number of ether oxygens (including phenoxy) is 1. The molecule has 0 aliphatic heterocycles. The van der Waals surface area contributed by atoms with Gasteiger partial charge in [-0.15, -0.1) is 10.2 Å². The number of hydrogen-bond acceptors (Lipinski definition) is 7. The maximum Gasteiger partial charge on any atom is 0.237 e. The number of amides is 1. The fourth-order valence-corrected chi connectivity index (χ4v) is 3.90. The van der Waals surface area contributed by atoms with Gasteiger partial charge < -0.3 is 9.26 Å². The molecule has 2 aromatic heterocycles. The van der Waals surface area contributed by atoms with E-state index in [0.717, 1.165) is 22.6 Å². The summed E-state index contributed by atoms with van der Waals surface area (Å²) < 4.78 is 12.6. The molecular formula is C23H23N5O3S. The SMILES string of the molecule is CCOc1ccc(-n2c(SCC(=O)Nc3cc(C)no3)nnc2-c2cccc(C)c2)cc1. The van der Waals surface area contributed by atoms with Gasteiger partial charge >= 0.3 is 0 Å². The average molecular weight is 450 g/mol. The molecule has 0 fully saturated rings. The van der Waals surface area contributed by atoms with Crippen LogP contribution in [0.4, 0.5) is 5.88 Å². The maximum atomic E-state index is 12.4. The molecule has 8 nitrogen and oxygen atoms in total. The first-order chi connectivity index (χ1) is 15.5. The molecule has 32 heavy (non-hydrogen) atoms. The van der Waals surface area contributed by atoms with Gasteiger partial charge in [-0.2, -0.15) is 0 Å². The monoisotopic (exact) mass is 449 g/mol. The molecule has 0 unspecified atom stereocenters. The normalized spacial score (nSPS) is 10.8. The minimum absolute atomic E-state index is 0.142. The molecule has 0 aliphatic carbocycles. The first-order valence-electron chi connectivity index (χ1n) is 10.1. The Hall–Kier alpha value is -3.59. The molecule has 1 amide bonds. The number of carbonyl (C=O) groups is 1. The lowest BCUT2D eigenvalue weighted by molar-refractivity contribution is -0.113. The Morgan fingerprint density at radius 1 is 1.12 bits per heavy atom. The van der Waals surface area contributed by atoms with E-state index >= 15 is 0 Å². The summed E-state index contributed by atoms with van der Waals surface area (Å²) in [5, 5.41) is 15.9. The van der Waals surface area contributed by atoms with Gasteiger partial charge in [0.15, 0.2) is 11.0 Å². The van der Waals surface area contributed by atoms with Crippen molar-refractivity contribution in [1.82, 2.24) is 19.9 Å². The van der Waals surface area contributed by atoms with Crippen LogP contribution in [0.1, 0.15) is 18.2 Å². The second-order valence-electron chi connectivity index (χ2n) is 7.11. The summed E-state index contributed by atoms with van der Waals surface area (Å²) in [6.45, 7) is 6.37. The molecule has 1 N–H and O–H groups in total. The van der Waals surface area contributed by atoms with E-state index in [1.807, 2.05) is 60.9 Å². The average Bonchev–Trinajstić information content (AvgIpc) is 3.39. The molecule has 0 aliphatic rings. The quantitative estimate of drug-likeness (QED) is 0.391. The molecule has 0 saturated heterocycles. The van der Waals surface area contributed by atoms with Gasteiger partial charge in [0.25, 0.3) is 0 Å². The van der Waals surface area contributed by atoms with Crippen LogP contribution in [-0.4, -0.2) is 38.2 Å². The Morgan fingerprint density at radius 2 is 1.94 bits per heavy atom. The molecule has 164 valence electrons. The fraction of sp³-hybridized carbons (Fsp3) is 0.217. The number of nitrogens with one attached hydrogen (secondary N) is 1. The summed E-state index contributed by atoms with van der Waals surface area (Å²) >= 11 is 1.29. The summed E-state index contributed by atoms with van der Waals surface area (Å²) in [6.07, 6.45) is 0. The Morgan fingerprint density at radius 3 is 2.62 bits per heavy atom. The predicted molar refractivity (Wildman–Crippen MR) is 123 cm³/mol. The van der Waals surface area contributed by atoms with Crippen LogP contribution in [0.25, 0.3) is 17.1 Å². The van der Waals surface area contributed by atoms with Crippen LogP contribution in [-0.2, 0) is 4.79 Å². The van der Waals surface area contributed by atoms with Crippen molar-refractivity contribution in [3.8, 4) is 22.8 Å². The smallest absolute Gasteiger partial charge is 0.237 e. The number of anilines is 1. The predicted octanol–water partition coefficient (Wildman–Crippen LogP) is 4.67. The van der Waals surface area contributed by atoms with Crippen molar-refractivity contribution in [2.45, 2.75) is 25.9 Å². The number of aromatic nitrogens is 4. The minimum Gasteiger partial charge on any atom is -0.494 e. The van der Waals surface area contributed by atoms with E-state index in [-0.39, 0.29) is 11.7 Å². The maximum absolute atomic E-state index is 12.4. The third-order valence-corrected chi connectivity index (χ3v) is 5.47. The van der Waals surface area contributed by atoms with Crippen LogP contribution in [0.3, 0.4) is 0 Å². The lowest BCUT2D eigenvalue weighted by Gasteiger charge is -2.12. The molecule has 9 heteroatoms. The third-order valence-electron chi connectivity index (χ3n) is 4.54. The Balaban J connectivity index is 1.62. The van der Waals surface area contributed by atoms with Crippen molar-refractivity contribution in [3.05, 3.63) is 65.9 Å². The van der Waals surface area contributed by atoms with Crippen LogP contribution in [0, 0.1) is 13.8 Å². The van der Waals surface area contributed by atoms with Crippen LogP contribution < -0.4 is 10.1 Å². The number of benzene rings is 2. The molecule has 4 aromatic rings. The standard InChI is InChI=1S/C23H23N5O3S/c1-4-30-19-10-8-18(9-11-19)28-22(17-7-5-6-15(2)12-17)25-26-23(28)32-14-20(29)24-21-13-16(3)27-31-21/h5-13H,4,14H2,1-3H3,(H,24,29). The van der Waals surface area contributed by atoms with E-state index in [1.54, 1.807) is 13.0 Å². The van der Waals surface area contributed by atoms with Gasteiger partial charge in [0.2, 0.25) is 11.8 Å². The van der Waals surface area contributed by atoms with Gasteiger partial charge in [0.1, 0.15) is 5.75 Å². The van der Waals surface area contributed by atoms with Crippen molar-refractivity contribution < 1.29 is 14.1 Å². The van der Waals surface area contributed by atoms with Crippen LogP contribution >= 0.6 is 11.8 Å². The van der Waals surface area contributed by atoms with Crippen molar-refractivity contribution in [2.75, 3.05) is 17.7 Å². The van der Waals surface area contributed by atoms with Crippen molar-refractivity contribution >= 4 is 23.6 Å². The second-order valence-corrected chi connectivity index (χ2v) is 8.05. The zero-order chi connectivity index (χ0) is 22.5. The van der Waals surface area contributed by atoms with Crippen LogP contribution in [0.5, 0.6) is 5.75 Å². The van der Waals surface area contributed by atoms with Gasteiger partial charge in [-0.25, -0.2) is 0 Å². The molecule has 0 atom stereocenters. The van der Waals surface area contributed by atoms with E-state index in [0.29, 0.717) is 29.2 Å². The number of hydrogen-bond donors (Lipinski definition) is 1. The van der Waals surface area contributed by atoms with E-state index in [1.165, 1.54) is 11.8 Å². The molecular weight excluding hydrogens is 426 g/mol. The summed E-state index contributed by atoms with van der Waals surface area (Å²) in [5.74, 6) is 1.73. The van der Waals surface area contributed by atoms with Crippen LogP contribution in [0.2, 0.25) is 0 Å². The summed E-state index contributed by atoms with van der Waals surface area (Å²) in [6, 6.07) is 17.5. The number of rotatable bonds is 8. The highest BCUT2D eigenvalue weighted by Crippen LogP contribution is 2.29. The number of nitrogens with zero attached hydrogens (tertiary/aromatic N) is 4. The van der Waals surface area contributed by atoms with E-state index in [9.17, 15) is 4.79 Å². The van der Waals surface area contributed by atoms with E-state index in [4.69, 9.17) is 9.26 Å². The Bertz CT molecular complexity index is 1220. The second kappa shape index (κ2) is 9.69. The Kier molecular flexibility index (Phi) is 6.55. The van der Waals surface area contributed by atoms with E-state index in [2.05, 4.69) is 26.7 Å². The molecule has 0 saturated carbocycles. The summed E-state index contributed by atoms with van der Waals surface area (Å²) in [4.78, 5) is 12.4. The largest absolute Gasteiger partial charge is 0.494 e. The lowest BCUT2D eigenvalue weighted by Crippen LogP contribution is -2.14. The van der Waals surface area contributed by atoms with E-state index < -0.39 is 0 Å². The zero-order valence-corrected chi connectivity index (χ0v) is 18.8. The number of thioether (sulfide) groups is 1. The molecule has 2 aromatic carbocycles. The molecule has 4 rings (SSSR count). The highest BCUT2D eigenvalue weighted by Gasteiger charge is 2.18. The first-order valence-corrected chi connectivity index (χ1v) is 11.1. The number of aryl methyl sites for hydroxylation is 2.